The molecule has 2 aromatic rings. The first kappa shape index (κ1) is 12.0. The lowest BCUT2D eigenvalue weighted by atomic mass is 10.0. The molecule has 0 aliphatic heterocycles. The fourth-order valence-electron chi connectivity index (χ4n) is 2.80. The quantitative estimate of drug-likeness (QED) is 0.822. The van der Waals surface area contributed by atoms with E-state index < -0.39 is 0 Å². The number of amides is 1. The molecule has 19 heavy (non-hydrogen) atoms. The Morgan fingerprint density at radius 1 is 1.21 bits per heavy atom. The van der Waals surface area contributed by atoms with E-state index in [2.05, 4.69) is 36.2 Å². The summed E-state index contributed by atoms with van der Waals surface area (Å²) in [5.74, 6) is 0.0543. The van der Waals surface area contributed by atoms with Gasteiger partial charge in [-0.05, 0) is 41.8 Å². The third-order valence-electron chi connectivity index (χ3n) is 3.73. The number of benzene rings is 2. The number of rotatable bonds is 4. The van der Waals surface area contributed by atoms with Gasteiger partial charge in [-0.15, -0.1) is 6.58 Å². The molecule has 2 nitrogen and oxygen atoms in total. The van der Waals surface area contributed by atoms with Crippen LogP contribution in [0, 0.1) is 0 Å². The number of hydrogen-bond donors (Lipinski definition) is 1. The zero-order valence-corrected chi connectivity index (χ0v) is 10.9. The second-order valence-corrected chi connectivity index (χ2v) is 4.99. The van der Waals surface area contributed by atoms with E-state index in [0.717, 1.165) is 18.5 Å². The standard InChI is InChI=1S/C17H17NO/c1-2-3-7-16(19)18-15-11-10-13-9-8-12-5-4-6-14(15)17(12)13/h2,4-6,10-11H,1,3,7-9H2,(H,18,19). The van der Waals surface area contributed by atoms with E-state index in [9.17, 15) is 4.79 Å². The lowest BCUT2D eigenvalue weighted by Crippen LogP contribution is -2.11. The summed E-state index contributed by atoms with van der Waals surface area (Å²) in [4.78, 5) is 11.8. The van der Waals surface area contributed by atoms with Crippen molar-refractivity contribution >= 4 is 22.4 Å². The minimum Gasteiger partial charge on any atom is -0.326 e. The first-order valence-electron chi connectivity index (χ1n) is 6.74. The van der Waals surface area contributed by atoms with Crippen molar-refractivity contribution < 1.29 is 4.79 Å². The molecule has 1 N–H and O–H groups in total. The zero-order valence-electron chi connectivity index (χ0n) is 10.9. The van der Waals surface area contributed by atoms with Crippen molar-refractivity contribution in [1.29, 1.82) is 0 Å². The maximum absolute atomic E-state index is 11.8. The molecule has 1 aliphatic rings. The molecule has 0 atom stereocenters. The third-order valence-corrected chi connectivity index (χ3v) is 3.73. The van der Waals surface area contributed by atoms with Crippen LogP contribution in [0.15, 0.2) is 43.0 Å². The number of carbonyl (C=O) groups excluding carboxylic acids is 1. The van der Waals surface area contributed by atoms with Gasteiger partial charge in [0.05, 0.1) is 0 Å². The molecule has 2 aromatic carbocycles. The number of carbonyl (C=O) groups is 1. The molecule has 1 aliphatic carbocycles. The largest absolute Gasteiger partial charge is 0.326 e. The van der Waals surface area contributed by atoms with Crippen molar-refractivity contribution in [1.82, 2.24) is 0 Å². The number of allylic oxidation sites excluding steroid dienone is 1. The predicted molar refractivity (Wildman–Crippen MR) is 79.4 cm³/mol. The molecular formula is C17H17NO. The highest BCUT2D eigenvalue weighted by Gasteiger charge is 2.16. The normalized spacial score (nSPS) is 12.6. The molecule has 0 fully saturated rings. The van der Waals surface area contributed by atoms with Gasteiger partial charge in [0.2, 0.25) is 5.91 Å². The Labute approximate surface area is 113 Å². The molecule has 0 radical (unpaired) electrons. The minimum atomic E-state index is 0.0543. The van der Waals surface area contributed by atoms with E-state index >= 15 is 0 Å². The molecule has 0 saturated carbocycles. The Morgan fingerprint density at radius 3 is 2.79 bits per heavy atom. The summed E-state index contributed by atoms with van der Waals surface area (Å²) in [6, 6.07) is 10.5. The number of nitrogens with one attached hydrogen (secondary N) is 1. The van der Waals surface area contributed by atoms with Crippen LogP contribution in [0.25, 0.3) is 10.8 Å². The first-order valence-corrected chi connectivity index (χ1v) is 6.74. The maximum atomic E-state index is 11.8. The Balaban J connectivity index is 1.97. The van der Waals surface area contributed by atoms with Crippen LogP contribution in [0.4, 0.5) is 5.69 Å². The lowest BCUT2D eigenvalue weighted by molar-refractivity contribution is -0.116. The monoisotopic (exact) mass is 251 g/mol. The number of anilines is 1. The van der Waals surface area contributed by atoms with E-state index in [4.69, 9.17) is 0 Å². The Kier molecular flexibility index (Phi) is 3.08. The van der Waals surface area contributed by atoms with Crippen molar-refractivity contribution in [3.63, 3.8) is 0 Å². The number of hydrogen-bond acceptors (Lipinski definition) is 1. The Hall–Kier alpha value is -2.09. The van der Waals surface area contributed by atoms with Crippen LogP contribution in [0.5, 0.6) is 0 Å². The fourth-order valence-corrected chi connectivity index (χ4v) is 2.80. The fraction of sp³-hybridized carbons (Fsp3) is 0.235. The van der Waals surface area contributed by atoms with Gasteiger partial charge in [0, 0.05) is 17.5 Å². The van der Waals surface area contributed by atoms with Gasteiger partial charge in [-0.1, -0.05) is 30.3 Å². The summed E-state index contributed by atoms with van der Waals surface area (Å²) < 4.78 is 0. The van der Waals surface area contributed by atoms with Crippen molar-refractivity contribution in [3.8, 4) is 0 Å². The topological polar surface area (TPSA) is 29.1 Å². The van der Waals surface area contributed by atoms with Crippen molar-refractivity contribution in [3.05, 3.63) is 54.1 Å². The van der Waals surface area contributed by atoms with Gasteiger partial charge in [-0.3, -0.25) is 4.79 Å². The zero-order chi connectivity index (χ0) is 13.2. The maximum Gasteiger partial charge on any atom is 0.224 e. The minimum absolute atomic E-state index is 0.0543. The molecule has 2 heteroatoms. The predicted octanol–water partition coefficient (Wildman–Crippen LogP) is 3.84. The average molecular weight is 251 g/mol. The van der Waals surface area contributed by atoms with E-state index in [-0.39, 0.29) is 5.91 Å². The van der Waals surface area contributed by atoms with Crippen molar-refractivity contribution in [2.24, 2.45) is 0 Å². The van der Waals surface area contributed by atoms with E-state index in [0.29, 0.717) is 12.8 Å². The lowest BCUT2D eigenvalue weighted by Gasteiger charge is -2.10. The smallest absolute Gasteiger partial charge is 0.224 e. The molecule has 0 aromatic heterocycles. The molecule has 0 saturated heterocycles. The van der Waals surface area contributed by atoms with Gasteiger partial charge in [0.15, 0.2) is 0 Å². The van der Waals surface area contributed by atoms with Crippen LogP contribution in [-0.2, 0) is 17.6 Å². The summed E-state index contributed by atoms with van der Waals surface area (Å²) in [6.45, 7) is 3.64. The molecule has 1 amide bonds. The Morgan fingerprint density at radius 2 is 2.00 bits per heavy atom. The highest BCUT2D eigenvalue weighted by molar-refractivity contribution is 6.05. The first-order chi connectivity index (χ1) is 9.29. The average Bonchev–Trinajstić information content (AvgIpc) is 2.85. The highest BCUT2D eigenvalue weighted by Crippen LogP contribution is 2.34. The second kappa shape index (κ2) is 4.88. The van der Waals surface area contributed by atoms with Gasteiger partial charge in [0.25, 0.3) is 0 Å². The second-order valence-electron chi connectivity index (χ2n) is 4.99. The van der Waals surface area contributed by atoms with Crippen molar-refractivity contribution in [2.75, 3.05) is 5.32 Å². The van der Waals surface area contributed by atoms with E-state index in [1.807, 2.05) is 6.07 Å². The molecule has 0 bridgehead atoms. The third kappa shape index (κ3) is 2.14. The van der Waals surface area contributed by atoms with Gasteiger partial charge in [-0.2, -0.15) is 0 Å². The van der Waals surface area contributed by atoms with Crippen LogP contribution in [0.1, 0.15) is 24.0 Å². The summed E-state index contributed by atoms with van der Waals surface area (Å²) >= 11 is 0. The van der Waals surface area contributed by atoms with Crippen molar-refractivity contribution in [2.45, 2.75) is 25.7 Å². The van der Waals surface area contributed by atoms with Crippen LogP contribution in [0.3, 0.4) is 0 Å². The molecular weight excluding hydrogens is 234 g/mol. The SMILES string of the molecule is C=CCCC(=O)Nc1ccc2c3c(cccc13)CC2. The molecule has 0 unspecified atom stereocenters. The van der Waals surface area contributed by atoms with Crippen LogP contribution >= 0.6 is 0 Å². The Bertz CT molecular complexity index is 647. The molecule has 3 rings (SSSR count). The number of aryl methyl sites for hydroxylation is 2. The summed E-state index contributed by atoms with van der Waals surface area (Å²) in [6.07, 6.45) is 5.20. The van der Waals surface area contributed by atoms with Crippen LogP contribution in [0.2, 0.25) is 0 Å². The summed E-state index contributed by atoms with van der Waals surface area (Å²) in [5.41, 5.74) is 3.72. The highest BCUT2D eigenvalue weighted by atomic mass is 16.1. The van der Waals surface area contributed by atoms with Gasteiger partial charge >= 0.3 is 0 Å². The van der Waals surface area contributed by atoms with Gasteiger partial charge < -0.3 is 5.32 Å². The van der Waals surface area contributed by atoms with Gasteiger partial charge in [0.1, 0.15) is 0 Å². The van der Waals surface area contributed by atoms with Crippen LogP contribution < -0.4 is 5.32 Å². The van der Waals surface area contributed by atoms with Gasteiger partial charge in [-0.25, -0.2) is 0 Å². The molecule has 96 valence electrons. The molecule has 0 spiro atoms. The summed E-state index contributed by atoms with van der Waals surface area (Å²) in [5, 5.41) is 5.52. The van der Waals surface area contributed by atoms with E-state index in [1.165, 1.54) is 21.9 Å². The van der Waals surface area contributed by atoms with E-state index in [1.54, 1.807) is 6.08 Å². The van der Waals surface area contributed by atoms with Crippen LogP contribution in [-0.4, -0.2) is 5.91 Å². The molecule has 0 heterocycles. The summed E-state index contributed by atoms with van der Waals surface area (Å²) in [7, 11) is 0.